The average Bonchev–Trinajstić information content (AvgIpc) is 1.36. The summed E-state index contributed by atoms with van der Waals surface area (Å²) >= 11 is 2.86. The molecule has 6 heavy (non-hydrogen) atoms. The molecule has 0 spiro atoms. The summed E-state index contributed by atoms with van der Waals surface area (Å²) in [5, 5.41) is 0. The van der Waals surface area contributed by atoms with Gasteiger partial charge in [0.25, 0.3) is 0 Å². The molecule has 0 aliphatic carbocycles. The first-order valence-electron chi connectivity index (χ1n) is 1.81. The Kier molecular flexibility index (Phi) is 2.38. The van der Waals surface area contributed by atoms with Crippen molar-refractivity contribution in [3.8, 4) is 0 Å². The van der Waals surface area contributed by atoms with E-state index in [2.05, 4.69) is 22.2 Å². The van der Waals surface area contributed by atoms with E-state index in [9.17, 15) is 0 Å². The number of allylic oxidation sites excluding steroid dienone is 1. The van der Waals surface area contributed by atoms with Crippen LogP contribution in [0.4, 0.5) is 0 Å². The van der Waals surface area contributed by atoms with Crippen LogP contribution < -0.4 is 0 Å². The third kappa shape index (κ3) is 2.37. The predicted octanol–water partition coefficient (Wildman–Crippen LogP) is 0.923. The molecular formula is C5H8Se. The van der Waals surface area contributed by atoms with Gasteiger partial charge in [-0.2, -0.15) is 0 Å². The summed E-state index contributed by atoms with van der Waals surface area (Å²) in [6.45, 7) is 7.67. The summed E-state index contributed by atoms with van der Waals surface area (Å²) in [4.78, 5) is 0. The van der Waals surface area contributed by atoms with Crippen LogP contribution in [0.5, 0.6) is 0 Å². The molecule has 0 saturated heterocycles. The molecule has 0 bridgehead atoms. The fourth-order valence-corrected chi connectivity index (χ4v) is 0. The molecule has 0 rings (SSSR count). The standard InChI is InChI=1S/C5H8Se/c1-4(2)5(3)6/h1H2,2-3H3. The molecule has 0 aromatic carbocycles. The maximum atomic E-state index is 3.69. The second-order valence-electron chi connectivity index (χ2n) is 1.34. The Morgan fingerprint density at radius 3 is 1.67 bits per heavy atom. The van der Waals surface area contributed by atoms with Crippen LogP contribution in [-0.2, 0) is 0 Å². The van der Waals surface area contributed by atoms with Gasteiger partial charge < -0.3 is 0 Å². The molecule has 0 aliphatic heterocycles. The third-order valence-electron chi connectivity index (χ3n) is 0.601. The molecule has 0 heterocycles. The Bertz CT molecular complexity index is 69.9. The van der Waals surface area contributed by atoms with Crippen molar-refractivity contribution in [1.82, 2.24) is 0 Å². The first-order chi connectivity index (χ1) is 2.64. The first kappa shape index (κ1) is 6.13. The summed E-state index contributed by atoms with van der Waals surface area (Å²) in [5.41, 5.74) is 1.12. The predicted molar refractivity (Wildman–Crippen MR) is 31.2 cm³/mol. The van der Waals surface area contributed by atoms with Gasteiger partial charge in [0.15, 0.2) is 0 Å². The van der Waals surface area contributed by atoms with Crippen LogP contribution in [0.15, 0.2) is 12.2 Å². The van der Waals surface area contributed by atoms with Crippen molar-refractivity contribution < 1.29 is 0 Å². The average molecular weight is 147 g/mol. The Morgan fingerprint density at radius 1 is 1.50 bits per heavy atom. The van der Waals surface area contributed by atoms with E-state index in [1.165, 1.54) is 4.42 Å². The van der Waals surface area contributed by atoms with Gasteiger partial charge >= 0.3 is 46.0 Å². The van der Waals surface area contributed by atoms with Gasteiger partial charge in [0, 0.05) is 0 Å². The van der Waals surface area contributed by atoms with Crippen LogP contribution in [0, 0.1) is 0 Å². The van der Waals surface area contributed by atoms with Crippen LogP contribution in [0.2, 0.25) is 0 Å². The van der Waals surface area contributed by atoms with Gasteiger partial charge in [0.2, 0.25) is 0 Å². The summed E-state index contributed by atoms with van der Waals surface area (Å²) in [6, 6.07) is 0. The fraction of sp³-hybridized carbons (Fsp3) is 0.400. The zero-order chi connectivity index (χ0) is 5.15. The molecule has 0 saturated carbocycles. The Morgan fingerprint density at radius 2 is 1.67 bits per heavy atom. The molecule has 0 atom stereocenters. The van der Waals surface area contributed by atoms with Crippen molar-refractivity contribution in [2.75, 3.05) is 0 Å². The summed E-state index contributed by atoms with van der Waals surface area (Å²) in [5.74, 6) is 0. The molecule has 0 nitrogen and oxygen atoms in total. The quantitative estimate of drug-likeness (QED) is 0.484. The molecule has 0 aromatic heterocycles. The first-order valence-corrected chi connectivity index (χ1v) is 2.66. The van der Waals surface area contributed by atoms with E-state index in [1.807, 2.05) is 13.8 Å². The van der Waals surface area contributed by atoms with E-state index < -0.39 is 0 Å². The zero-order valence-electron chi connectivity index (χ0n) is 4.12. The van der Waals surface area contributed by atoms with E-state index in [0.29, 0.717) is 0 Å². The van der Waals surface area contributed by atoms with Crippen LogP contribution in [0.25, 0.3) is 0 Å². The second-order valence-corrected chi connectivity index (χ2v) is 2.62. The topological polar surface area (TPSA) is 0 Å². The van der Waals surface area contributed by atoms with Gasteiger partial charge in [-0.1, -0.05) is 0 Å². The maximum absolute atomic E-state index is 3.69. The molecule has 34 valence electrons. The van der Waals surface area contributed by atoms with Crippen molar-refractivity contribution in [2.24, 2.45) is 0 Å². The van der Waals surface area contributed by atoms with Gasteiger partial charge in [0.1, 0.15) is 0 Å². The number of hydrogen-bond acceptors (Lipinski definition) is 0. The van der Waals surface area contributed by atoms with Crippen molar-refractivity contribution >= 4 is 20.0 Å². The third-order valence-corrected chi connectivity index (χ3v) is 1.33. The number of rotatable bonds is 1. The Balaban J connectivity index is 3.57. The van der Waals surface area contributed by atoms with E-state index in [-0.39, 0.29) is 0 Å². The molecular weight excluding hydrogens is 139 g/mol. The van der Waals surface area contributed by atoms with Gasteiger partial charge in [-0.15, -0.1) is 0 Å². The van der Waals surface area contributed by atoms with Gasteiger partial charge in [-0.3, -0.25) is 0 Å². The fourth-order valence-electron chi connectivity index (χ4n) is 0. The van der Waals surface area contributed by atoms with Gasteiger partial charge in [-0.25, -0.2) is 0 Å². The normalized spacial score (nSPS) is 7.67. The number of hydrogen-bond donors (Lipinski definition) is 0. The summed E-state index contributed by atoms with van der Waals surface area (Å²) < 4.78 is 1.19. The van der Waals surface area contributed by atoms with Crippen LogP contribution in [0.1, 0.15) is 13.8 Å². The SMILES string of the molecule is C=C(C)C(C)=[Se]. The Hall–Kier alpha value is 0.129. The zero-order valence-corrected chi connectivity index (χ0v) is 5.83. The molecule has 0 amide bonds. The molecule has 0 radical (unpaired) electrons. The Labute approximate surface area is 46.6 Å². The molecule has 0 unspecified atom stereocenters. The molecule has 0 N–H and O–H groups in total. The van der Waals surface area contributed by atoms with E-state index in [1.54, 1.807) is 0 Å². The summed E-state index contributed by atoms with van der Waals surface area (Å²) in [7, 11) is 0. The van der Waals surface area contributed by atoms with Crippen LogP contribution in [-0.4, -0.2) is 20.0 Å². The second kappa shape index (κ2) is 2.33. The van der Waals surface area contributed by atoms with E-state index in [0.717, 1.165) is 5.57 Å². The van der Waals surface area contributed by atoms with Crippen molar-refractivity contribution in [1.29, 1.82) is 0 Å². The van der Waals surface area contributed by atoms with E-state index >= 15 is 0 Å². The van der Waals surface area contributed by atoms with Crippen molar-refractivity contribution in [2.45, 2.75) is 13.8 Å². The van der Waals surface area contributed by atoms with Crippen molar-refractivity contribution in [3.05, 3.63) is 12.2 Å². The minimum absolute atomic E-state index is 1.12. The van der Waals surface area contributed by atoms with E-state index in [4.69, 9.17) is 0 Å². The van der Waals surface area contributed by atoms with Gasteiger partial charge in [0.05, 0.1) is 0 Å². The van der Waals surface area contributed by atoms with Crippen LogP contribution >= 0.6 is 0 Å². The van der Waals surface area contributed by atoms with Crippen LogP contribution in [0.3, 0.4) is 0 Å². The molecule has 0 fully saturated rings. The molecule has 0 aliphatic rings. The summed E-state index contributed by atoms with van der Waals surface area (Å²) in [6.07, 6.45) is 0. The molecule has 0 aromatic rings. The minimum atomic E-state index is 1.12. The van der Waals surface area contributed by atoms with Crippen molar-refractivity contribution in [3.63, 3.8) is 0 Å². The monoisotopic (exact) mass is 148 g/mol. The van der Waals surface area contributed by atoms with Gasteiger partial charge in [-0.05, 0) is 0 Å². The molecule has 1 heteroatoms.